The highest BCUT2D eigenvalue weighted by atomic mass is 16.2. The third-order valence-corrected chi connectivity index (χ3v) is 4.35. The fourth-order valence-corrected chi connectivity index (χ4v) is 2.97. The number of nitrogens with zero attached hydrogens (tertiary/aromatic N) is 3. The summed E-state index contributed by atoms with van der Waals surface area (Å²) in [5.74, 6) is -0.981. The number of nitrogens with two attached hydrogens (primary N) is 1. The van der Waals surface area contributed by atoms with Crippen LogP contribution in [-0.2, 0) is 6.54 Å². The highest BCUT2D eigenvalue weighted by Gasteiger charge is 2.14. The van der Waals surface area contributed by atoms with Gasteiger partial charge in [0.25, 0.3) is 11.8 Å². The minimum atomic E-state index is -0.605. The van der Waals surface area contributed by atoms with E-state index in [2.05, 4.69) is 15.4 Å². The van der Waals surface area contributed by atoms with Crippen LogP contribution < -0.4 is 11.1 Å². The van der Waals surface area contributed by atoms with Gasteiger partial charge in [-0.15, -0.1) is 0 Å². The molecule has 2 aromatic carbocycles. The molecule has 0 saturated carbocycles. The average molecular weight is 371 g/mol. The zero-order chi connectivity index (χ0) is 19.5. The number of hydrogen-bond donors (Lipinski definition) is 2. The summed E-state index contributed by atoms with van der Waals surface area (Å²) in [6.07, 6.45) is 3.17. The summed E-state index contributed by atoms with van der Waals surface area (Å²) in [5, 5.41) is 7.84. The van der Waals surface area contributed by atoms with E-state index in [1.54, 1.807) is 41.2 Å². The van der Waals surface area contributed by atoms with Crippen molar-refractivity contribution in [1.82, 2.24) is 14.8 Å². The number of carbonyl (C=O) groups excluding carboxylic acids is 2. The van der Waals surface area contributed by atoms with Crippen molar-refractivity contribution in [3.8, 4) is 0 Å². The Morgan fingerprint density at radius 1 is 1.00 bits per heavy atom. The number of hydrogen-bond acceptors (Lipinski definition) is 4. The van der Waals surface area contributed by atoms with Gasteiger partial charge < -0.3 is 11.1 Å². The second-order valence-electron chi connectivity index (χ2n) is 6.29. The van der Waals surface area contributed by atoms with Crippen LogP contribution in [0.2, 0.25) is 0 Å². The van der Waals surface area contributed by atoms with Crippen molar-refractivity contribution in [2.75, 3.05) is 5.32 Å². The molecule has 2 amide bonds. The lowest BCUT2D eigenvalue weighted by atomic mass is 10.1. The summed E-state index contributed by atoms with van der Waals surface area (Å²) in [5.41, 5.74) is 8.14. The van der Waals surface area contributed by atoms with Crippen molar-refractivity contribution in [1.29, 1.82) is 0 Å². The molecule has 2 aromatic heterocycles. The second kappa shape index (κ2) is 7.32. The van der Waals surface area contributed by atoms with Gasteiger partial charge in [-0.25, -0.2) is 9.67 Å². The molecule has 0 aliphatic rings. The predicted molar refractivity (Wildman–Crippen MR) is 106 cm³/mol. The van der Waals surface area contributed by atoms with Crippen LogP contribution in [0.25, 0.3) is 11.0 Å². The summed E-state index contributed by atoms with van der Waals surface area (Å²) in [6, 6.07) is 18.3. The number of rotatable bonds is 5. The zero-order valence-electron chi connectivity index (χ0n) is 14.9. The molecule has 2 heterocycles. The van der Waals surface area contributed by atoms with Crippen LogP contribution in [0.5, 0.6) is 0 Å². The van der Waals surface area contributed by atoms with Crippen LogP contribution in [0.15, 0.2) is 73.1 Å². The number of anilines is 1. The van der Waals surface area contributed by atoms with Crippen LogP contribution in [0.4, 0.5) is 5.69 Å². The van der Waals surface area contributed by atoms with Gasteiger partial charge in [0.1, 0.15) is 0 Å². The smallest absolute Gasteiger partial charge is 0.257 e. The summed E-state index contributed by atoms with van der Waals surface area (Å²) in [7, 11) is 0. The molecule has 7 heteroatoms. The number of aromatic nitrogens is 3. The number of benzene rings is 2. The molecule has 0 saturated heterocycles. The maximum atomic E-state index is 12.6. The standard InChI is InChI=1S/C21H17N5O2/c22-19(27)17-8-4-5-9-18(17)25-21(28)16-10-15-12-24-26(20(15)23-11-16)13-14-6-2-1-3-7-14/h1-12H,13H2,(H2,22,27)(H,25,28). The van der Waals surface area contributed by atoms with Crippen molar-refractivity contribution >= 4 is 28.5 Å². The average Bonchev–Trinajstić information content (AvgIpc) is 3.11. The Balaban J connectivity index is 1.59. The highest BCUT2D eigenvalue weighted by molar-refractivity contribution is 6.09. The summed E-state index contributed by atoms with van der Waals surface area (Å²) < 4.78 is 1.79. The first-order chi connectivity index (χ1) is 13.6. The Bertz CT molecular complexity index is 1170. The maximum absolute atomic E-state index is 12.6. The van der Waals surface area contributed by atoms with Gasteiger partial charge in [-0.2, -0.15) is 5.10 Å². The first-order valence-electron chi connectivity index (χ1n) is 8.67. The molecule has 28 heavy (non-hydrogen) atoms. The van der Waals surface area contributed by atoms with E-state index in [9.17, 15) is 9.59 Å². The number of amides is 2. The van der Waals surface area contributed by atoms with Gasteiger partial charge in [0.2, 0.25) is 0 Å². The quantitative estimate of drug-likeness (QED) is 0.563. The molecule has 3 N–H and O–H groups in total. The predicted octanol–water partition coefficient (Wildman–Crippen LogP) is 2.83. The zero-order valence-corrected chi connectivity index (χ0v) is 14.9. The van der Waals surface area contributed by atoms with Crippen molar-refractivity contribution < 1.29 is 9.59 Å². The molecule has 0 fully saturated rings. The summed E-state index contributed by atoms with van der Waals surface area (Å²) in [6.45, 7) is 0.592. The second-order valence-corrected chi connectivity index (χ2v) is 6.29. The molecular formula is C21H17N5O2. The maximum Gasteiger partial charge on any atom is 0.257 e. The molecule has 0 aliphatic carbocycles. The molecule has 0 atom stereocenters. The Morgan fingerprint density at radius 2 is 1.75 bits per heavy atom. The highest BCUT2D eigenvalue weighted by Crippen LogP contribution is 2.18. The lowest BCUT2D eigenvalue weighted by Crippen LogP contribution is -2.18. The Hall–Kier alpha value is -4.00. The molecule has 0 radical (unpaired) electrons. The van der Waals surface area contributed by atoms with Crippen LogP contribution in [-0.4, -0.2) is 26.6 Å². The molecular weight excluding hydrogens is 354 g/mol. The number of carbonyl (C=O) groups is 2. The molecule has 0 unspecified atom stereocenters. The van der Waals surface area contributed by atoms with Crippen molar-refractivity contribution in [3.05, 3.63) is 89.7 Å². The van der Waals surface area contributed by atoms with Gasteiger partial charge in [-0.05, 0) is 23.8 Å². The monoisotopic (exact) mass is 371 g/mol. The Labute approximate surface area is 160 Å². The van der Waals surface area contributed by atoms with Crippen molar-refractivity contribution in [2.24, 2.45) is 5.73 Å². The van der Waals surface area contributed by atoms with Gasteiger partial charge in [0, 0.05) is 11.6 Å². The third kappa shape index (κ3) is 3.45. The minimum absolute atomic E-state index is 0.251. The van der Waals surface area contributed by atoms with Crippen LogP contribution in [0, 0.1) is 0 Å². The van der Waals surface area contributed by atoms with Gasteiger partial charge in [0.05, 0.1) is 29.6 Å². The number of nitrogens with one attached hydrogen (secondary N) is 1. The summed E-state index contributed by atoms with van der Waals surface area (Å²) in [4.78, 5) is 28.5. The Kier molecular flexibility index (Phi) is 4.55. The molecule has 138 valence electrons. The molecule has 4 rings (SSSR count). The van der Waals surface area contributed by atoms with Gasteiger partial charge in [0.15, 0.2) is 5.65 Å². The van der Waals surface area contributed by atoms with E-state index in [-0.39, 0.29) is 11.5 Å². The lowest BCUT2D eigenvalue weighted by molar-refractivity contribution is 0.100. The molecule has 7 nitrogen and oxygen atoms in total. The summed E-state index contributed by atoms with van der Waals surface area (Å²) >= 11 is 0. The minimum Gasteiger partial charge on any atom is -0.366 e. The van der Waals surface area contributed by atoms with E-state index in [1.165, 1.54) is 6.20 Å². The van der Waals surface area contributed by atoms with Crippen LogP contribution in [0.3, 0.4) is 0 Å². The first-order valence-corrected chi connectivity index (χ1v) is 8.67. The number of primary amides is 1. The van der Waals surface area contributed by atoms with Crippen LogP contribution >= 0.6 is 0 Å². The molecule has 0 spiro atoms. The number of pyridine rings is 1. The SMILES string of the molecule is NC(=O)c1ccccc1NC(=O)c1cnc2c(cnn2Cc2ccccc2)c1. The van der Waals surface area contributed by atoms with Gasteiger partial charge in [-0.1, -0.05) is 42.5 Å². The fraction of sp³-hybridized carbons (Fsp3) is 0.0476. The number of para-hydroxylation sites is 1. The van der Waals surface area contributed by atoms with E-state index in [0.717, 1.165) is 10.9 Å². The lowest BCUT2D eigenvalue weighted by Gasteiger charge is -2.09. The molecule has 0 bridgehead atoms. The van der Waals surface area contributed by atoms with E-state index in [1.807, 2.05) is 30.3 Å². The van der Waals surface area contributed by atoms with E-state index in [0.29, 0.717) is 23.4 Å². The van der Waals surface area contributed by atoms with Gasteiger partial charge in [-0.3, -0.25) is 9.59 Å². The van der Waals surface area contributed by atoms with Gasteiger partial charge >= 0.3 is 0 Å². The first kappa shape index (κ1) is 17.4. The largest absolute Gasteiger partial charge is 0.366 e. The van der Waals surface area contributed by atoms with E-state index < -0.39 is 5.91 Å². The van der Waals surface area contributed by atoms with Crippen molar-refractivity contribution in [3.63, 3.8) is 0 Å². The van der Waals surface area contributed by atoms with E-state index in [4.69, 9.17) is 5.73 Å². The molecule has 0 aliphatic heterocycles. The topological polar surface area (TPSA) is 103 Å². The normalized spacial score (nSPS) is 10.7. The Morgan fingerprint density at radius 3 is 2.54 bits per heavy atom. The van der Waals surface area contributed by atoms with Crippen LogP contribution in [0.1, 0.15) is 26.3 Å². The molecule has 4 aromatic rings. The number of fused-ring (bicyclic) bond motifs is 1. The van der Waals surface area contributed by atoms with Crippen molar-refractivity contribution in [2.45, 2.75) is 6.54 Å². The van der Waals surface area contributed by atoms with E-state index >= 15 is 0 Å². The third-order valence-electron chi connectivity index (χ3n) is 4.35. The fourth-order valence-electron chi connectivity index (χ4n) is 2.97.